The Hall–Kier alpha value is -0.780. The number of nitrogens with zero attached hydrogens (tertiary/aromatic N) is 1. The molecule has 118 valence electrons. The zero-order chi connectivity index (χ0) is 15.3. The third kappa shape index (κ3) is 4.96. The maximum absolute atomic E-state index is 12.7. The molecule has 6 heteroatoms. The van der Waals surface area contributed by atoms with Crippen LogP contribution in [0, 0.1) is 11.8 Å². The van der Waals surface area contributed by atoms with Gasteiger partial charge >= 0.3 is 12.1 Å². The van der Waals surface area contributed by atoms with E-state index in [4.69, 9.17) is 0 Å². The van der Waals surface area contributed by atoms with Gasteiger partial charge in [-0.25, -0.2) is 0 Å². The van der Waals surface area contributed by atoms with E-state index >= 15 is 0 Å². The molecule has 3 unspecified atom stereocenters. The fourth-order valence-electron chi connectivity index (χ4n) is 3.17. The molecule has 1 fully saturated rings. The van der Waals surface area contributed by atoms with Gasteiger partial charge in [-0.05, 0) is 38.1 Å². The Morgan fingerprint density at radius 2 is 1.95 bits per heavy atom. The fraction of sp³-hybridized carbons (Fsp3) is 0.929. The van der Waals surface area contributed by atoms with Crippen molar-refractivity contribution in [1.29, 1.82) is 0 Å². The summed E-state index contributed by atoms with van der Waals surface area (Å²) in [4.78, 5) is 12.7. The van der Waals surface area contributed by atoms with Gasteiger partial charge in [0.2, 0.25) is 0 Å². The molecule has 1 aliphatic carbocycles. The lowest BCUT2D eigenvalue weighted by Gasteiger charge is -2.41. The predicted molar refractivity (Wildman–Crippen MR) is 70.5 cm³/mol. The zero-order valence-corrected chi connectivity index (χ0v) is 12.1. The smallest absolute Gasteiger partial charge is 0.401 e. The van der Waals surface area contributed by atoms with Crippen molar-refractivity contribution >= 4 is 5.97 Å². The van der Waals surface area contributed by atoms with E-state index in [0.717, 1.165) is 12.8 Å². The van der Waals surface area contributed by atoms with E-state index in [1.807, 2.05) is 13.8 Å². The van der Waals surface area contributed by atoms with E-state index in [2.05, 4.69) is 0 Å². The summed E-state index contributed by atoms with van der Waals surface area (Å²) >= 11 is 0. The molecule has 20 heavy (non-hydrogen) atoms. The molecule has 0 saturated heterocycles. The van der Waals surface area contributed by atoms with Crippen LogP contribution in [0.4, 0.5) is 13.2 Å². The highest BCUT2D eigenvalue weighted by Gasteiger charge is 2.41. The number of hydrogen-bond donors (Lipinski definition) is 1. The van der Waals surface area contributed by atoms with Crippen molar-refractivity contribution in [3.05, 3.63) is 0 Å². The van der Waals surface area contributed by atoms with Crippen molar-refractivity contribution in [1.82, 2.24) is 4.90 Å². The van der Waals surface area contributed by atoms with Gasteiger partial charge in [0.15, 0.2) is 0 Å². The first-order valence-corrected chi connectivity index (χ1v) is 7.32. The van der Waals surface area contributed by atoms with Crippen LogP contribution >= 0.6 is 0 Å². The van der Waals surface area contributed by atoms with Gasteiger partial charge in [0.05, 0.1) is 12.5 Å². The second kappa shape index (κ2) is 7.29. The average molecular weight is 295 g/mol. The van der Waals surface area contributed by atoms with Crippen molar-refractivity contribution in [3.8, 4) is 0 Å². The quantitative estimate of drug-likeness (QED) is 0.815. The van der Waals surface area contributed by atoms with Gasteiger partial charge in [0.25, 0.3) is 0 Å². The predicted octanol–water partition coefficient (Wildman–Crippen LogP) is 3.54. The third-order valence-electron chi connectivity index (χ3n) is 4.18. The van der Waals surface area contributed by atoms with E-state index < -0.39 is 30.7 Å². The van der Waals surface area contributed by atoms with Crippen LogP contribution in [0.5, 0.6) is 0 Å². The van der Waals surface area contributed by atoms with Gasteiger partial charge in [-0.3, -0.25) is 9.69 Å². The van der Waals surface area contributed by atoms with Crippen molar-refractivity contribution in [2.45, 2.75) is 58.2 Å². The molecule has 0 bridgehead atoms. The van der Waals surface area contributed by atoms with Gasteiger partial charge in [0.1, 0.15) is 0 Å². The summed E-state index contributed by atoms with van der Waals surface area (Å²) in [5.41, 5.74) is 0. The average Bonchev–Trinajstić information content (AvgIpc) is 2.35. The zero-order valence-electron chi connectivity index (χ0n) is 12.1. The van der Waals surface area contributed by atoms with Crippen molar-refractivity contribution in [2.75, 3.05) is 13.1 Å². The van der Waals surface area contributed by atoms with Crippen molar-refractivity contribution in [2.24, 2.45) is 11.8 Å². The van der Waals surface area contributed by atoms with Crippen LogP contribution in [0.15, 0.2) is 0 Å². The molecule has 3 atom stereocenters. The summed E-state index contributed by atoms with van der Waals surface area (Å²) in [5, 5.41) is 9.28. The number of carboxylic acids is 1. The number of hydrogen-bond acceptors (Lipinski definition) is 2. The van der Waals surface area contributed by atoms with E-state index in [1.165, 1.54) is 4.90 Å². The summed E-state index contributed by atoms with van der Waals surface area (Å²) < 4.78 is 38.1. The molecule has 0 aromatic rings. The summed E-state index contributed by atoms with van der Waals surface area (Å²) in [5.74, 6) is -1.30. The van der Waals surface area contributed by atoms with Gasteiger partial charge in [-0.2, -0.15) is 13.2 Å². The van der Waals surface area contributed by atoms with E-state index in [1.54, 1.807) is 0 Å². The minimum Gasteiger partial charge on any atom is -0.481 e. The third-order valence-corrected chi connectivity index (χ3v) is 4.18. The Bertz CT molecular complexity index is 320. The SMILES string of the molecule is CCCN(CC(F)(F)F)C1CC(CC)CCC1C(=O)O. The topological polar surface area (TPSA) is 40.5 Å². The van der Waals surface area contributed by atoms with Crippen LogP contribution in [-0.2, 0) is 4.79 Å². The van der Waals surface area contributed by atoms with Gasteiger partial charge in [-0.15, -0.1) is 0 Å². The first-order valence-electron chi connectivity index (χ1n) is 7.32. The molecule has 3 nitrogen and oxygen atoms in total. The van der Waals surface area contributed by atoms with Crippen LogP contribution in [0.2, 0.25) is 0 Å². The Morgan fingerprint density at radius 1 is 1.30 bits per heavy atom. The molecular weight excluding hydrogens is 271 g/mol. The standard InChI is InChI=1S/C14H24F3NO2/c1-3-7-18(9-14(15,16)17)12-8-10(4-2)5-6-11(12)13(19)20/h10-12H,3-9H2,1-2H3,(H,19,20). The number of aliphatic carboxylic acids is 1. The molecule has 1 saturated carbocycles. The lowest BCUT2D eigenvalue weighted by Crippen LogP contribution is -2.50. The highest BCUT2D eigenvalue weighted by atomic mass is 19.4. The summed E-state index contributed by atoms with van der Waals surface area (Å²) in [6.07, 6.45) is -0.946. The Morgan fingerprint density at radius 3 is 2.40 bits per heavy atom. The maximum atomic E-state index is 12.7. The van der Waals surface area contributed by atoms with E-state index in [0.29, 0.717) is 31.7 Å². The second-order valence-corrected chi connectivity index (χ2v) is 5.69. The lowest BCUT2D eigenvalue weighted by molar-refractivity contribution is -0.163. The molecule has 1 aliphatic rings. The Labute approximate surface area is 118 Å². The van der Waals surface area contributed by atoms with Gasteiger partial charge in [0, 0.05) is 6.04 Å². The van der Waals surface area contributed by atoms with E-state index in [9.17, 15) is 23.1 Å². The van der Waals surface area contributed by atoms with E-state index in [-0.39, 0.29) is 0 Å². The summed E-state index contributed by atoms with van der Waals surface area (Å²) in [6.45, 7) is 3.12. The Balaban J connectivity index is 2.88. The number of halogens is 3. The van der Waals surface area contributed by atoms with Crippen LogP contribution in [0.3, 0.4) is 0 Å². The maximum Gasteiger partial charge on any atom is 0.401 e. The number of carboxylic acid groups (broad SMARTS) is 1. The molecule has 0 spiro atoms. The largest absolute Gasteiger partial charge is 0.481 e. The summed E-state index contributed by atoms with van der Waals surface area (Å²) in [7, 11) is 0. The van der Waals surface area contributed by atoms with Crippen LogP contribution in [-0.4, -0.2) is 41.3 Å². The van der Waals surface area contributed by atoms with Gasteiger partial charge < -0.3 is 5.11 Å². The number of carbonyl (C=O) groups is 1. The Kier molecular flexibility index (Phi) is 6.30. The minimum absolute atomic E-state index is 0.296. The first-order chi connectivity index (χ1) is 9.28. The molecule has 0 radical (unpaired) electrons. The molecule has 1 rings (SSSR count). The molecule has 0 aliphatic heterocycles. The lowest BCUT2D eigenvalue weighted by atomic mass is 9.76. The molecular formula is C14H24F3NO2. The monoisotopic (exact) mass is 295 g/mol. The normalized spacial score (nSPS) is 27.8. The van der Waals surface area contributed by atoms with Crippen LogP contribution in [0.1, 0.15) is 46.0 Å². The molecule has 0 amide bonds. The van der Waals surface area contributed by atoms with Crippen LogP contribution < -0.4 is 0 Å². The molecule has 0 aromatic heterocycles. The highest BCUT2D eigenvalue weighted by molar-refractivity contribution is 5.71. The number of rotatable bonds is 6. The molecule has 0 heterocycles. The number of alkyl halides is 3. The van der Waals surface area contributed by atoms with Gasteiger partial charge in [-0.1, -0.05) is 20.3 Å². The first kappa shape index (κ1) is 17.3. The molecule has 1 N–H and O–H groups in total. The highest BCUT2D eigenvalue weighted by Crippen LogP contribution is 2.35. The van der Waals surface area contributed by atoms with Crippen molar-refractivity contribution < 1.29 is 23.1 Å². The fourth-order valence-corrected chi connectivity index (χ4v) is 3.17. The molecule has 0 aromatic carbocycles. The minimum atomic E-state index is -4.28. The van der Waals surface area contributed by atoms with Crippen LogP contribution in [0.25, 0.3) is 0 Å². The second-order valence-electron chi connectivity index (χ2n) is 5.69. The summed E-state index contributed by atoms with van der Waals surface area (Å²) in [6, 6.07) is -0.493. The van der Waals surface area contributed by atoms with Crippen molar-refractivity contribution in [3.63, 3.8) is 0 Å².